The van der Waals surface area contributed by atoms with Crippen LogP contribution in [0, 0.1) is 0 Å². The maximum Gasteiger partial charge on any atom is 0.416 e. The van der Waals surface area contributed by atoms with Gasteiger partial charge in [-0.25, -0.2) is 0 Å². The van der Waals surface area contributed by atoms with Crippen molar-refractivity contribution in [2.45, 2.75) is 24.7 Å². The summed E-state index contributed by atoms with van der Waals surface area (Å²) in [7, 11) is 1.49. The minimum Gasteiger partial charge on any atom is -0.497 e. The Kier molecular flexibility index (Phi) is 5.09. The van der Waals surface area contributed by atoms with Gasteiger partial charge in [-0.05, 0) is 35.9 Å². The fourth-order valence-corrected chi connectivity index (χ4v) is 2.68. The summed E-state index contributed by atoms with van der Waals surface area (Å²) in [5.74, 6) is 0.584. The molecule has 3 rings (SSSR count). The van der Waals surface area contributed by atoms with E-state index in [1.54, 1.807) is 24.3 Å². The summed E-state index contributed by atoms with van der Waals surface area (Å²) in [5.41, 5.74) is -2.44. The lowest BCUT2D eigenvalue weighted by Crippen LogP contribution is -2.13. The summed E-state index contributed by atoms with van der Waals surface area (Å²) in [6.07, 6.45) is -11.8. The third kappa shape index (κ3) is 4.36. The van der Waals surface area contributed by atoms with Crippen LogP contribution in [0.5, 0.6) is 5.75 Å². The standard InChI is InChI=1S/C18H14F6O3/c1-25-14-4-2-10(3-5-14)16-26-9-15(27-16)11-6-12(17(19,20)21)8-13(7-11)18(22,23)24/h2-8,15-16H,9H2,1H3/t15-,16?/m1/s1. The highest BCUT2D eigenvalue weighted by Crippen LogP contribution is 2.41. The molecule has 0 aliphatic carbocycles. The Morgan fingerprint density at radius 3 is 1.89 bits per heavy atom. The predicted molar refractivity (Wildman–Crippen MR) is 82.0 cm³/mol. The van der Waals surface area contributed by atoms with Crippen molar-refractivity contribution in [3.05, 3.63) is 64.7 Å². The molecule has 0 saturated carbocycles. The fourth-order valence-electron chi connectivity index (χ4n) is 2.68. The SMILES string of the molecule is COc1ccc(C2OC[C@H](c3cc(C(F)(F)F)cc(C(F)(F)F)c3)O2)cc1. The molecule has 0 N–H and O–H groups in total. The molecular formula is C18H14F6O3. The van der Waals surface area contributed by atoms with E-state index in [1.165, 1.54) is 7.11 Å². The van der Waals surface area contributed by atoms with Gasteiger partial charge in [-0.1, -0.05) is 12.1 Å². The Balaban J connectivity index is 1.87. The van der Waals surface area contributed by atoms with Crippen LogP contribution in [-0.4, -0.2) is 13.7 Å². The highest BCUT2D eigenvalue weighted by Gasteiger charge is 2.39. The summed E-state index contributed by atoms with van der Waals surface area (Å²) in [4.78, 5) is 0. The molecule has 2 atom stereocenters. The summed E-state index contributed by atoms with van der Waals surface area (Å²) >= 11 is 0. The van der Waals surface area contributed by atoms with Gasteiger partial charge in [0.15, 0.2) is 6.29 Å². The molecule has 2 aromatic rings. The minimum absolute atomic E-state index is 0.0836. The Labute approximate surface area is 150 Å². The van der Waals surface area contributed by atoms with Gasteiger partial charge >= 0.3 is 12.4 Å². The predicted octanol–water partition coefficient (Wildman–Crippen LogP) is 5.52. The van der Waals surface area contributed by atoms with E-state index in [9.17, 15) is 26.3 Å². The lowest BCUT2D eigenvalue weighted by molar-refractivity contribution is -0.143. The summed E-state index contributed by atoms with van der Waals surface area (Å²) in [6, 6.07) is 7.95. The smallest absolute Gasteiger partial charge is 0.416 e. The maximum atomic E-state index is 13.0. The zero-order valence-corrected chi connectivity index (χ0v) is 13.9. The second-order valence-electron chi connectivity index (χ2n) is 5.90. The van der Waals surface area contributed by atoms with E-state index < -0.39 is 35.9 Å². The molecule has 9 heteroatoms. The summed E-state index contributed by atoms with van der Waals surface area (Å²) in [6.45, 7) is -0.171. The number of hydrogen-bond acceptors (Lipinski definition) is 3. The van der Waals surface area contributed by atoms with Gasteiger partial charge in [-0.2, -0.15) is 26.3 Å². The third-order valence-corrected chi connectivity index (χ3v) is 4.06. The molecule has 1 unspecified atom stereocenters. The largest absolute Gasteiger partial charge is 0.497 e. The first-order chi connectivity index (χ1) is 12.6. The molecule has 27 heavy (non-hydrogen) atoms. The lowest BCUT2D eigenvalue weighted by Gasteiger charge is -2.17. The number of hydrogen-bond donors (Lipinski definition) is 0. The van der Waals surface area contributed by atoms with E-state index in [0.717, 1.165) is 0 Å². The van der Waals surface area contributed by atoms with Crippen LogP contribution in [0.25, 0.3) is 0 Å². The monoisotopic (exact) mass is 392 g/mol. The molecule has 1 aliphatic heterocycles. The molecule has 3 nitrogen and oxygen atoms in total. The number of alkyl halides is 6. The van der Waals surface area contributed by atoms with Gasteiger partial charge in [-0.3, -0.25) is 0 Å². The van der Waals surface area contributed by atoms with Gasteiger partial charge in [-0.15, -0.1) is 0 Å². The highest BCUT2D eigenvalue weighted by atomic mass is 19.4. The second kappa shape index (κ2) is 7.05. The first-order valence-corrected chi connectivity index (χ1v) is 7.78. The Bertz CT molecular complexity index is 766. The fraction of sp³-hybridized carbons (Fsp3) is 0.333. The molecule has 1 aliphatic rings. The second-order valence-corrected chi connectivity index (χ2v) is 5.90. The van der Waals surface area contributed by atoms with Gasteiger partial charge in [0.05, 0.1) is 24.8 Å². The number of ether oxygens (including phenoxy) is 3. The average Bonchev–Trinajstić information content (AvgIpc) is 3.10. The average molecular weight is 392 g/mol. The zero-order chi connectivity index (χ0) is 19.8. The summed E-state index contributed by atoms with van der Waals surface area (Å²) < 4.78 is 93.9. The number of halogens is 6. The molecule has 1 heterocycles. The molecule has 146 valence electrons. The maximum absolute atomic E-state index is 13.0. The van der Waals surface area contributed by atoms with Crippen LogP contribution in [0.1, 0.15) is 34.6 Å². The quantitative estimate of drug-likeness (QED) is 0.644. The van der Waals surface area contributed by atoms with E-state index in [2.05, 4.69) is 0 Å². The van der Waals surface area contributed by atoms with Crippen molar-refractivity contribution in [2.24, 2.45) is 0 Å². The molecular weight excluding hydrogens is 378 g/mol. The third-order valence-electron chi connectivity index (χ3n) is 4.06. The van der Waals surface area contributed by atoms with Gasteiger partial charge in [0.2, 0.25) is 0 Å². The van der Waals surface area contributed by atoms with Crippen molar-refractivity contribution >= 4 is 0 Å². The first kappa shape index (κ1) is 19.5. The van der Waals surface area contributed by atoms with Gasteiger partial charge in [0, 0.05) is 5.56 Å². The normalized spacial score (nSPS) is 20.7. The van der Waals surface area contributed by atoms with Crippen molar-refractivity contribution < 1.29 is 40.6 Å². The van der Waals surface area contributed by atoms with Gasteiger partial charge < -0.3 is 14.2 Å². The van der Waals surface area contributed by atoms with Crippen LogP contribution in [0.15, 0.2) is 42.5 Å². The van der Waals surface area contributed by atoms with Crippen LogP contribution >= 0.6 is 0 Å². The molecule has 0 radical (unpaired) electrons. The molecule has 0 bridgehead atoms. The number of methoxy groups -OCH3 is 1. The van der Waals surface area contributed by atoms with E-state index in [1.807, 2.05) is 0 Å². The molecule has 0 aromatic heterocycles. The number of rotatable bonds is 3. The van der Waals surface area contributed by atoms with Crippen LogP contribution in [-0.2, 0) is 21.8 Å². The highest BCUT2D eigenvalue weighted by molar-refractivity contribution is 5.35. The van der Waals surface area contributed by atoms with Crippen molar-refractivity contribution in [1.29, 1.82) is 0 Å². The molecule has 0 spiro atoms. The topological polar surface area (TPSA) is 27.7 Å². The van der Waals surface area contributed by atoms with E-state index in [4.69, 9.17) is 14.2 Å². The molecule has 1 saturated heterocycles. The van der Waals surface area contributed by atoms with Crippen molar-refractivity contribution in [3.8, 4) is 5.75 Å². The Hall–Kier alpha value is -2.26. The summed E-state index contributed by atoms with van der Waals surface area (Å²) in [5, 5.41) is 0. The minimum atomic E-state index is -4.91. The Morgan fingerprint density at radius 1 is 0.852 bits per heavy atom. The van der Waals surface area contributed by atoms with Crippen molar-refractivity contribution in [1.82, 2.24) is 0 Å². The van der Waals surface area contributed by atoms with Crippen LogP contribution in [0.2, 0.25) is 0 Å². The van der Waals surface area contributed by atoms with Crippen molar-refractivity contribution in [2.75, 3.05) is 13.7 Å². The lowest BCUT2D eigenvalue weighted by atomic mass is 10.0. The molecule has 2 aromatic carbocycles. The van der Waals surface area contributed by atoms with Gasteiger partial charge in [0.25, 0.3) is 0 Å². The van der Waals surface area contributed by atoms with Gasteiger partial charge in [0.1, 0.15) is 11.9 Å². The van der Waals surface area contributed by atoms with E-state index >= 15 is 0 Å². The molecule has 0 amide bonds. The first-order valence-electron chi connectivity index (χ1n) is 7.78. The van der Waals surface area contributed by atoms with Crippen LogP contribution in [0.4, 0.5) is 26.3 Å². The van der Waals surface area contributed by atoms with Crippen LogP contribution < -0.4 is 4.74 Å². The van der Waals surface area contributed by atoms with E-state index in [-0.39, 0.29) is 18.2 Å². The molecule has 1 fully saturated rings. The Morgan fingerprint density at radius 2 is 1.41 bits per heavy atom. The van der Waals surface area contributed by atoms with Crippen LogP contribution in [0.3, 0.4) is 0 Å². The number of benzene rings is 2. The van der Waals surface area contributed by atoms with E-state index in [0.29, 0.717) is 23.4 Å². The van der Waals surface area contributed by atoms with Crippen molar-refractivity contribution in [3.63, 3.8) is 0 Å². The zero-order valence-electron chi connectivity index (χ0n) is 13.9.